The van der Waals surface area contributed by atoms with E-state index in [1.807, 2.05) is 18.2 Å². The van der Waals surface area contributed by atoms with Crippen molar-refractivity contribution in [1.82, 2.24) is 5.32 Å². The molecular formula is C17H16N2O4. The van der Waals surface area contributed by atoms with Crippen LogP contribution in [0.2, 0.25) is 0 Å². The fraction of sp³-hybridized carbons (Fsp3) is 0.118. The average molecular weight is 312 g/mol. The molecule has 0 fully saturated rings. The molecule has 0 bridgehead atoms. The Bertz CT molecular complexity index is 696. The number of benzene rings is 2. The first-order valence-corrected chi connectivity index (χ1v) is 6.99. The first-order valence-electron chi connectivity index (χ1n) is 6.99. The van der Waals surface area contributed by atoms with E-state index >= 15 is 0 Å². The lowest BCUT2D eigenvalue weighted by atomic mass is 10.1. The summed E-state index contributed by atoms with van der Waals surface area (Å²) in [5.74, 6) is -0.349. The molecule has 1 amide bonds. The highest BCUT2D eigenvalue weighted by Gasteiger charge is 2.07. The van der Waals surface area contributed by atoms with E-state index in [1.54, 1.807) is 30.3 Å². The summed E-state index contributed by atoms with van der Waals surface area (Å²) in [6.45, 7) is 0.105. The Kier molecular flexibility index (Phi) is 5.60. The number of nitro benzene ring substituents is 1. The molecule has 2 aromatic rings. The van der Waals surface area contributed by atoms with Crippen LogP contribution in [0, 0.1) is 10.1 Å². The van der Waals surface area contributed by atoms with Gasteiger partial charge in [-0.25, -0.2) is 0 Å². The van der Waals surface area contributed by atoms with Crippen LogP contribution in [0.5, 0.6) is 0 Å². The molecular weight excluding hydrogens is 296 g/mol. The van der Waals surface area contributed by atoms with E-state index < -0.39 is 11.0 Å². The number of non-ortho nitro benzene ring substituents is 1. The standard InChI is InChI=1S/C17H16N2O4/c20-16(14-4-2-1-3-5-14)12-18-17(21)11-8-13-6-9-15(10-7-13)19(22)23/h1-11,16,20H,12H2,(H,18,21)/b11-8+. The van der Waals surface area contributed by atoms with E-state index in [9.17, 15) is 20.0 Å². The smallest absolute Gasteiger partial charge is 0.269 e. The Morgan fingerprint density at radius 1 is 1.17 bits per heavy atom. The van der Waals surface area contributed by atoms with Gasteiger partial charge in [-0.15, -0.1) is 0 Å². The molecule has 6 nitrogen and oxygen atoms in total. The van der Waals surface area contributed by atoms with Crippen molar-refractivity contribution in [2.24, 2.45) is 0 Å². The molecule has 2 N–H and O–H groups in total. The van der Waals surface area contributed by atoms with Crippen molar-refractivity contribution in [2.75, 3.05) is 6.54 Å². The van der Waals surface area contributed by atoms with Gasteiger partial charge < -0.3 is 10.4 Å². The molecule has 0 saturated carbocycles. The molecule has 1 atom stereocenters. The number of aliphatic hydroxyl groups excluding tert-OH is 1. The SMILES string of the molecule is O=C(/C=C/c1ccc([N+](=O)[O-])cc1)NCC(O)c1ccccc1. The number of amides is 1. The van der Waals surface area contributed by atoms with Crippen LogP contribution in [0.1, 0.15) is 17.2 Å². The number of nitrogens with zero attached hydrogens (tertiary/aromatic N) is 1. The van der Waals surface area contributed by atoms with E-state index in [0.29, 0.717) is 5.56 Å². The normalized spacial score (nSPS) is 12.0. The highest BCUT2D eigenvalue weighted by Crippen LogP contribution is 2.13. The minimum absolute atomic E-state index is 0.00224. The van der Waals surface area contributed by atoms with Crippen LogP contribution in [-0.4, -0.2) is 22.5 Å². The minimum atomic E-state index is -0.770. The van der Waals surface area contributed by atoms with Crippen molar-refractivity contribution in [3.63, 3.8) is 0 Å². The Hall–Kier alpha value is -2.99. The van der Waals surface area contributed by atoms with Gasteiger partial charge in [0.2, 0.25) is 5.91 Å². The van der Waals surface area contributed by atoms with Gasteiger partial charge in [-0.3, -0.25) is 14.9 Å². The summed E-state index contributed by atoms with van der Waals surface area (Å²) >= 11 is 0. The predicted octanol–water partition coefficient (Wildman–Crippen LogP) is 2.46. The zero-order valence-electron chi connectivity index (χ0n) is 12.3. The number of hydrogen-bond acceptors (Lipinski definition) is 4. The first kappa shape index (κ1) is 16.4. The quantitative estimate of drug-likeness (QED) is 0.487. The van der Waals surface area contributed by atoms with E-state index in [2.05, 4.69) is 5.32 Å². The number of rotatable bonds is 6. The average Bonchev–Trinajstić information content (AvgIpc) is 2.59. The second-order valence-corrected chi connectivity index (χ2v) is 4.85. The summed E-state index contributed by atoms with van der Waals surface area (Å²) in [4.78, 5) is 21.8. The molecule has 0 aromatic heterocycles. The molecule has 0 spiro atoms. The predicted molar refractivity (Wildman–Crippen MR) is 86.5 cm³/mol. The number of carbonyl (C=O) groups excluding carboxylic acids is 1. The first-order chi connectivity index (χ1) is 11.1. The molecule has 0 radical (unpaired) electrons. The zero-order chi connectivity index (χ0) is 16.7. The number of hydrogen-bond donors (Lipinski definition) is 2. The van der Waals surface area contributed by atoms with Gasteiger partial charge in [-0.1, -0.05) is 30.3 Å². The molecule has 6 heteroatoms. The van der Waals surface area contributed by atoms with Crippen LogP contribution in [0.25, 0.3) is 6.08 Å². The number of nitro groups is 1. The lowest BCUT2D eigenvalue weighted by Gasteiger charge is -2.10. The van der Waals surface area contributed by atoms with E-state index in [0.717, 1.165) is 5.56 Å². The van der Waals surface area contributed by atoms with Crippen LogP contribution in [0.4, 0.5) is 5.69 Å². The summed E-state index contributed by atoms with van der Waals surface area (Å²) in [6.07, 6.45) is 2.10. The second kappa shape index (κ2) is 7.86. The van der Waals surface area contributed by atoms with E-state index in [-0.39, 0.29) is 18.1 Å². The maximum atomic E-state index is 11.7. The Morgan fingerprint density at radius 2 is 1.83 bits per heavy atom. The third-order valence-electron chi connectivity index (χ3n) is 3.19. The number of nitrogens with one attached hydrogen (secondary N) is 1. The van der Waals surface area contributed by atoms with Crippen molar-refractivity contribution in [3.05, 3.63) is 81.9 Å². The summed E-state index contributed by atoms with van der Waals surface area (Å²) in [6, 6.07) is 14.9. The maximum absolute atomic E-state index is 11.7. The fourth-order valence-electron chi connectivity index (χ4n) is 1.93. The van der Waals surface area contributed by atoms with Crippen LogP contribution < -0.4 is 5.32 Å². The highest BCUT2D eigenvalue weighted by atomic mass is 16.6. The Labute approximate surface area is 133 Å². The molecule has 0 aliphatic carbocycles. The van der Waals surface area contributed by atoms with Crippen molar-refractivity contribution in [3.8, 4) is 0 Å². The van der Waals surface area contributed by atoms with Crippen LogP contribution in [-0.2, 0) is 4.79 Å². The summed E-state index contributed by atoms with van der Waals surface area (Å²) < 4.78 is 0. The minimum Gasteiger partial charge on any atom is -0.387 e. The van der Waals surface area contributed by atoms with Gasteiger partial charge >= 0.3 is 0 Å². The van der Waals surface area contributed by atoms with Gasteiger partial charge in [0.1, 0.15) is 0 Å². The topological polar surface area (TPSA) is 92.5 Å². The second-order valence-electron chi connectivity index (χ2n) is 4.85. The van der Waals surface area contributed by atoms with Gasteiger partial charge in [0, 0.05) is 24.8 Å². The molecule has 2 aromatic carbocycles. The number of carbonyl (C=O) groups is 1. The molecule has 0 aliphatic heterocycles. The Balaban J connectivity index is 1.85. The monoisotopic (exact) mass is 312 g/mol. The third-order valence-corrected chi connectivity index (χ3v) is 3.19. The van der Waals surface area contributed by atoms with E-state index in [1.165, 1.54) is 18.2 Å². The third kappa shape index (κ3) is 5.05. The summed E-state index contributed by atoms with van der Waals surface area (Å²) in [7, 11) is 0. The van der Waals surface area contributed by atoms with Crippen LogP contribution in [0.3, 0.4) is 0 Å². The van der Waals surface area contributed by atoms with Crippen molar-refractivity contribution in [2.45, 2.75) is 6.10 Å². The van der Waals surface area contributed by atoms with Gasteiger partial charge in [-0.2, -0.15) is 0 Å². The van der Waals surface area contributed by atoms with Crippen molar-refractivity contribution in [1.29, 1.82) is 0 Å². The summed E-state index contributed by atoms with van der Waals surface area (Å²) in [5.41, 5.74) is 1.40. The van der Waals surface area contributed by atoms with Gasteiger partial charge in [0.25, 0.3) is 5.69 Å². The lowest BCUT2D eigenvalue weighted by molar-refractivity contribution is -0.384. The molecule has 0 heterocycles. The summed E-state index contributed by atoms with van der Waals surface area (Å²) in [5, 5.41) is 23.1. The van der Waals surface area contributed by atoms with Crippen molar-refractivity contribution >= 4 is 17.7 Å². The Morgan fingerprint density at radius 3 is 2.43 bits per heavy atom. The number of aliphatic hydroxyl groups is 1. The molecule has 0 saturated heterocycles. The van der Waals surface area contributed by atoms with Gasteiger partial charge in [-0.05, 0) is 29.3 Å². The van der Waals surface area contributed by atoms with Crippen molar-refractivity contribution < 1.29 is 14.8 Å². The highest BCUT2D eigenvalue weighted by molar-refractivity contribution is 5.91. The van der Waals surface area contributed by atoms with E-state index in [4.69, 9.17) is 0 Å². The zero-order valence-corrected chi connectivity index (χ0v) is 12.3. The fourth-order valence-corrected chi connectivity index (χ4v) is 1.93. The van der Waals surface area contributed by atoms with Crippen LogP contribution in [0.15, 0.2) is 60.7 Å². The van der Waals surface area contributed by atoms with Crippen LogP contribution >= 0.6 is 0 Å². The lowest BCUT2D eigenvalue weighted by Crippen LogP contribution is -2.26. The van der Waals surface area contributed by atoms with Gasteiger partial charge in [0.15, 0.2) is 0 Å². The molecule has 118 valence electrons. The molecule has 23 heavy (non-hydrogen) atoms. The van der Waals surface area contributed by atoms with Gasteiger partial charge in [0.05, 0.1) is 11.0 Å². The molecule has 1 unspecified atom stereocenters. The molecule has 0 aliphatic rings. The molecule has 2 rings (SSSR count). The maximum Gasteiger partial charge on any atom is 0.269 e. The largest absolute Gasteiger partial charge is 0.387 e.